The summed E-state index contributed by atoms with van der Waals surface area (Å²) in [5.74, 6) is 1.85. The first kappa shape index (κ1) is 17.0. The number of thiazole rings is 1. The predicted molar refractivity (Wildman–Crippen MR) is 93.1 cm³/mol. The Morgan fingerprint density at radius 2 is 1.90 bits per heavy atom. The number of hydrogen-bond donors (Lipinski definition) is 1. The van der Waals surface area contributed by atoms with Crippen molar-refractivity contribution < 1.29 is 0 Å². The summed E-state index contributed by atoms with van der Waals surface area (Å²) in [6.07, 6.45) is 9.60. The number of hydrogen-bond acceptors (Lipinski definition) is 3. The SMILES string of the molecule is CCCC1CCC(C(Cc2nc(C)c(C)s2)NCC)CC1. The molecule has 0 bridgehead atoms. The van der Waals surface area contributed by atoms with Crippen molar-refractivity contribution in [3.05, 3.63) is 15.6 Å². The molecular formula is C18H32N2S. The number of nitrogens with one attached hydrogen (secondary N) is 1. The molecule has 0 aromatic carbocycles. The molecule has 1 atom stereocenters. The molecule has 0 aliphatic heterocycles. The molecule has 0 amide bonds. The summed E-state index contributed by atoms with van der Waals surface area (Å²) in [7, 11) is 0. The second-order valence-corrected chi connectivity index (χ2v) is 7.97. The topological polar surface area (TPSA) is 24.9 Å². The van der Waals surface area contributed by atoms with E-state index in [1.807, 2.05) is 11.3 Å². The zero-order valence-electron chi connectivity index (χ0n) is 14.2. The first-order chi connectivity index (χ1) is 10.1. The van der Waals surface area contributed by atoms with E-state index in [2.05, 4.69) is 33.0 Å². The van der Waals surface area contributed by atoms with Gasteiger partial charge >= 0.3 is 0 Å². The largest absolute Gasteiger partial charge is 0.314 e. The van der Waals surface area contributed by atoms with Crippen molar-refractivity contribution in [3.8, 4) is 0 Å². The van der Waals surface area contributed by atoms with Gasteiger partial charge in [0.2, 0.25) is 0 Å². The fourth-order valence-corrected chi connectivity index (χ4v) is 4.76. The van der Waals surface area contributed by atoms with Crippen molar-refractivity contribution in [3.63, 3.8) is 0 Å². The Morgan fingerprint density at radius 1 is 1.19 bits per heavy atom. The average molecular weight is 309 g/mol. The molecule has 1 fully saturated rings. The lowest BCUT2D eigenvalue weighted by Crippen LogP contribution is -2.39. The Morgan fingerprint density at radius 3 is 2.43 bits per heavy atom. The highest BCUT2D eigenvalue weighted by Crippen LogP contribution is 2.34. The molecule has 1 aliphatic rings. The molecule has 1 unspecified atom stereocenters. The van der Waals surface area contributed by atoms with Crippen LogP contribution in [0.2, 0.25) is 0 Å². The molecule has 1 aromatic heterocycles. The highest BCUT2D eigenvalue weighted by molar-refractivity contribution is 7.11. The van der Waals surface area contributed by atoms with Gasteiger partial charge in [0, 0.05) is 17.3 Å². The van der Waals surface area contributed by atoms with Crippen LogP contribution in [0.5, 0.6) is 0 Å². The van der Waals surface area contributed by atoms with Crippen LogP contribution in [0.1, 0.15) is 68.0 Å². The minimum atomic E-state index is 0.627. The van der Waals surface area contributed by atoms with Gasteiger partial charge in [-0.05, 0) is 45.1 Å². The number of aromatic nitrogens is 1. The van der Waals surface area contributed by atoms with E-state index in [9.17, 15) is 0 Å². The minimum Gasteiger partial charge on any atom is -0.314 e. The van der Waals surface area contributed by atoms with Gasteiger partial charge in [0.05, 0.1) is 10.7 Å². The summed E-state index contributed by atoms with van der Waals surface area (Å²) in [5, 5.41) is 5.07. The Bertz CT molecular complexity index is 399. The second-order valence-electron chi connectivity index (χ2n) is 6.69. The van der Waals surface area contributed by atoms with Crippen LogP contribution in [0.3, 0.4) is 0 Å². The van der Waals surface area contributed by atoms with Crippen molar-refractivity contribution in [2.45, 2.75) is 78.7 Å². The molecule has 0 spiro atoms. The first-order valence-electron chi connectivity index (χ1n) is 8.80. The Labute approximate surface area is 134 Å². The summed E-state index contributed by atoms with van der Waals surface area (Å²) in [5.41, 5.74) is 1.22. The maximum absolute atomic E-state index is 4.75. The standard InChI is InChI=1S/C18H32N2S/c1-5-7-15-8-10-16(11-9-15)17(19-6-2)12-18-20-13(3)14(4)21-18/h15-17,19H,5-12H2,1-4H3. The highest BCUT2D eigenvalue weighted by atomic mass is 32.1. The van der Waals surface area contributed by atoms with Gasteiger partial charge in [0.25, 0.3) is 0 Å². The molecule has 0 saturated heterocycles. The molecule has 3 heteroatoms. The van der Waals surface area contributed by atoms with Crippen molar-refractivity contribution in [2.75, 3.05) is 6.54 Å². The molecule has 1 N–H and O–H groups in total. The maximum atomic E-state index is 4.75. The van der Waals surface area contributed by atoms with Gasteiger partial charge in [-0.2, -0.15) is 0 Å². The van der Waals surface area contributed by atoms with Crippen molar-refractivity contribution in [2.24, 2.45) is 11.8 Å². The van der Waals surface area contributed by atoms with Gasteiger partial charge in [-0.25, -0.2) is 4.98 Å². The molecule has 1 heterocycles. The Hall–Kier alpha value is -0.410. The maximum Gasteiger partial charge on any atom is 0.0946 e. The van der Waals surface area contributed by atoms with Gasteiger partial charge < -0.3 is 5.32 Å². The zero-order chi connectivity index (χ0) is 15.2. The quantitative estimate of drug-likeness (QED) is 0.776. The number of likely N-dealkylation sites (N-methyl/N-ethyl adjacent to an activating group) is 1. The first-order valence-corrected chi connectivity index (χ1v) is 9.61. The van der Waals surface area contributed by atoms with Crippen molar-refractivity contribution >= 4 is 11.3 Å². The summed E-state index contributed by atoms with van der Waals surface area (Å²) in [4.78, 5) is 6.13. The molecule has 2 nitrogen and oxygen atoms in total. The molecule has 1 aliphatic carbocycles. The van der Waals surface area contributed by atoms with Crippen LogP contribution in [0, 0.1) is 25.7 Å². The van der Waals surface area contributed by atoms with E-state index in [0.717, 1.165) is 24.8 Å². The van der Waals surface area contributed by atoms with Crippen molar-refractivity contribution in [1.29, 1.82) is 0 Å². The van der Waals surface area contributed by atoms with Gasteiger partial charge in [-0.15, -0.1) is 11.3 Å². The number of aryl methyl sites for hydroxylation is 2. The van der Waals surface area contributed by atoms with E-state index >= 15 is 0 Å². The average Bonchev–Trinajstić information content (AvgIpc) is 2.78. The van der Waals surface area contributed by atoms with Gasteiger partial charge in [-0.1, -0.05) is 39.5 Å². The van der Waals surface area contributed by atoms with Crippen LogP contribution in [0.15, 0.2) is 0 Å². The normalized spacial score (nSPS) is 24.2. The lowest BCUT2D eigenvalue weighted by Gasteiger charge is -2.34. The van der Waals surface area contributed by atoms with Gasteiger partial charge in [0.1, 0.15) is 0 Å². The molecule has 21 heavy (non-hydrogen) atoms. The summed E-state index contributed by atoms with van der Waals surface area (Å²) >= 11 is 1.89. The van der Waals surface area contributed by atoms with E-state index in [4.69, 9.17) is 4.98 Å². The summed E-state index contributed by atoms with van der Waals surface area (Å²) in [6.45, 7) is 9.94. The van der Waals surface area contributed by atoms with Crippen LogP contribution >= 0.6 is 11.3 Å². The Kier molecular flexibility index (Phi) is 6.69. The molecule has 0 radical (unpaired) electrons. The monoisotopic (exact) mass is 308 g/mol. The van der Waals surface area contributed by atoms with Gasteiger partial charge in [-0.3, -0.25) is 0 Å². The smallest absolute Gasteiger partial charge is 0.0946 e. The molecule has 2 rings (SSSR count). The summed E-state index contributed by atoms with van der Waals surface area (Å²) < 4.78 is 0. The van der Waals surface area contributed by atoms with E-state index in [0.29, 0.717) is 6.04 Å². The molecular weight excluding hydrogens is 276 g/mol. The van der Waals surface area contributed by atoms with Crippen LogP contribution in [-0.2, 0) is 6.42 Å². The number of rotatable bonds is 7. The molecule has 120 valence electrons. The number of nitrogens with zero attached hydrogens (tertiary/aromatic N) is 1. The highest BCUT2D eigenvalue weighted by Gasteiger charge is 2.27. The van der Waals surface area contributed by atoms with E-state index in [1.54, 1.807) is 0 Å². The molecule has 1 saturated carbocycles. The van der Waals surface area contributed by atoms with E-state index in [-0.39, 0.29) is 0 Å². The summed E-state index contributed by atoms with van der Waals surface area (Å²) in [6, 6.07) is 0.627. The lowest BCUT2D eigenvalue weighted by atomic mass is 9.76. The van der Waals surface area contributed by atoms with Crippen LogP contribution in [0.4, 0.5) is 0 Å². The fourth-order valence-electron chi connectivity index (χ4n) is 3.77. The third kappa shape index (κ3) is 4.79. The predicted octanol–water partition coefficient (Wildman–Crippen LogP) is 4.89. The minimum absolute atomic E-state index is 0.627. The van der Waals surface area contributed by atoms with Crippen LogP contribution in [0.25, 0.3) is 0 Å². The third-order valence-electron chi connectivity index (χ3n) is 5.09. The lowest BCUT2D eigenvalue weighted by molar-refractivity contribution is 0.213. The second kappa shape index (κ2) is 8.28. The van der Waals surface area contributed by atoms with Crippen LogP contribution < -0.4 is 5.32 Å². The third-order valence-corrected chi connectivity index (χ3v) is 6.19. The van der Waals surface area contributed by atoms with Crippen LogP contribution in [-0.4, -0.2) is 17.6 Å². The fraction of sp³-hybridized carbons (Fsp3) is 0.833. The Balaban J connectivity index is 1.92. The van der Waals surface area contributed by atoms with E-state index in [1.165, 1.54) is 54.1 Å². The van der Waals surface area contributed by atoms with E-state index < -0.39 is 0 Å². The van der Waals surface area contributed by atoms with Gasteiger partial charge in [0.15, 0.2) is 0 Å². The molecule has 1 aromatic rings. The zero-order valence-corrected chi connectivity index (χ0v) is 15.1. The van der Waals surface area contributed by atoms with Crippen molar-refractivity contribution in [1.82, 2.24) is 10.3 Å².